The first-order valence-electron chi connectivity index (χ1n) is 7.79. The van der Waals surface area contributed by atoms with Gasteiger partial charge >= 0.3 is 5.97 Å². The van der Waals surface area contributed by atoms with Crippen molar-refractivity contribution in [2.45, 2.75) is 38.6 Å². The van der Waals surface area contributed by atoms with E-state index in [0.717, 1.165) is 19.4 Å². The van der Waals surface area contributed by atoms with Gasteiger partial charge in [-0.2, -0.15) is 0 Å². The molecular formula is C17H26N2O2. The number of fused-ring (bicyclic) bond motifs is 1. The van der Waals surface area contributed by atoms with Gasteiger partial charge in [0.25, 0.3) is 0 Å². The van der Waals surface area contributed by atoms with Gasteiger partial charge in [-0.25, -0.2) is 4.79 Å². The Morgan fingerprint density at radius 1 is 1.38 bits per heavy atom. The molecule has 1 aliphatic heterocycles. The lowest BCUT2D eigenvalue weighted by atomic mass is 10.0. The summed E-state index contributed by atoms with van der Waals surface area (Å²) < 4.78 is 5.23. The lowest BCUT2D eigenvalue weighted by Gasteiger charge is -2.35. The van der Waals surface area contributed by atoms with Crippen LogP contribution in [0.1, 0.15) is 32.3 Å². The molecule has 1 heterocycles. The highest BCUT2D eigenvalue weighted by atomic mass is 16.5. The number of rotatable bonds is 5. The first kappa shape index (κ1) is 15.8. The highest BCUT2D eigenvalue weighted by molar-refractivity contribution is 5.81. The van der Waals surface area contributed by atoms with E-state index in [1.165, 1.54) is 17.7 Å². The molecule has 1 unspecified atom stereocenters. The Bertz CT molecular complexity index is 489. The summed E-state index contributed by atoms with van der Waals surface area (Å²) in [5.74, 6) is -0.186. The van der Waals surface area contributed by atoms with E-state index >= 15 is 0 Å². The third-order valence-electron chi connectivity index (χ3n) is 4.24. The number of likely N-dealkylation sites (N-methyl/N-ethyl adjacent to an activating group) is 1. The minimum absolute atomic E-state index is 0.186. The minimum atomic E-state index is -0.687. The molecule has 1 N–H and O–H groups in total. The van der Waals surface area contributed by atoms with Crippen LogP contribution in [0.25, 0.3) is 0 Å². The molecule has 0 saturated carbocycles. The maximum absolute atomic E-state index is 12.3. The third kappa shape index (κ3) is 3.56. The van der Waals surface area contributed by atoms with Gasteiger partial charge in [0.05, 0.1) is 6.61 Å². The number of nitrogens with zero attached hydrogens (tertiary/aromatic N) is 1. The molecule has 1 aliphatic rings. The number of hydrogen-bond acceptors (Lipinski definition) is 4. The van der Waals surface area contributed by atoms with E-state index in [1.807, 2.05) is 20.9 Å². The minimum Gasteiger partial charge on any atom is -0.465 e. The summed E-state index contributed by atoms with van der Waals surface area (Å²) in [6.07, 6.45) is 3.46. The summed E-state index contributed by atoms with van der Waals surface area (Å²) in [5, 5.41) is 3.15. The van der Waals surface area contributed by atoms with Gasteiger partial charge in [0, 0.05) is 18.8 Å². The molecule has 0 saturated heterocycles. The van der Waals surface area contributed by atoms with Crippen LogP contribution in [0.5, 0.6) is 0 Å². The van der Waals surface area contributed by atoms with Gasteiger partial charge in [-0.3, -0.25) is 0 Å². The zero-order chi connectivity index (χ0) is 15.3. The number of aryl methyl sites for hydroxylation is 1. The van der Waals surface area contributed by atoms with Gasteiger partial charge < -0.3 is 15.0 Å². The second kappa shape index (κ2) is 6.94. The van der Waals surface area contributed by atoms with Crippen LogP contribution in [0, 0.1) is 0 Å². The molecule has 0 radical (unpaired) electrons. The Morgan fingerprint density at radius 3 is 2.86 bits per heavy atom. The monoisotopic (exact) mass is 290 g/mol. The van der Waals surface area contributed by atoms with E-state index in [9.17, 15) is 4.79 Å². The number of benzene rings is 1. The maximum Gasteiger partial charge on any atom is 0.327 e. The molecule has 4 heteroatoms. The first-order chi connectivity index (χ1) is 10.1. The largest absolute Gasteiger partial charge is 0.465 e. The second-order valence-electron chi connectivity index (χ2n) is 5.81. The molecule has 0 bridgehead atoms. The molecule has 21 heavy (non-hydrogen) atoms. The van der Waals surface area contributed by atoms with Crippen LogP contribution in [-0.4, -0.2) is 38.3 Å². The van der Waals surface area contributed by atoms with E-state index in [2.05, 4.69) is 34.5 Å². The predicted octanol–water partition coefficient (Wildman–Crippen LogP) is 2.37. The highest BCUT2D eigenvalue weighted by Crippen LogP contribution is 2.27. The predicted molar refractivity (Wildman–Crippen MR) is 85.7 cm³/mol. The molecule has 1 aromatic carbocycles. The summed E-state index contributed by atoms with van der Waals surface area (Å²) in [4.78, 5) is 14.6. The Labute approximate surface area is 127 Å². The Hall–Kier alpha value is -1.55. The number of para-hydroxylation sites is 1. The van der Waals surface area contributed by atoms with Crippen molar-refractivity contribution in [1.29, 1.82) is 0 Å². The Balaban J connectivity index is 2.23. The standard InChI is InChI=1S/C17H26N2O2/c1-4-21-16(20)17(2,18-3)13-19-12-8-7-10-14-9-5-6-11-15(14)19/h5-6,9,11,18H,4,7-8,10,12-13H2,1-3H3. The fourth-order valence-corrected chi connectivity index (χ4v) is 2.85. The number of nitrogens with one attached hydrogen (secondary N) is 1. The van der Waals surface area contributed by atoms with Crippen molar-refractivity contribution in [3.63, 3.8) is 0 Å². The van der Waals surface area contributed by atoms with Crippen LogP contribution in [0.2, 0.25) is 0 Å². The molecule has 0 spiro atoms. The number of ether oxygens (including phenoxy) is 1. The normalized spacial score (nSPS) is 17.6. The summed E-state index contributed by atoms with van der Waals surface area (Å²) in [6, 6.07) is 8.50. The lowest BCUT2D eigenvalue weighted by Crippen LogP contribution is -2.56. The van der Waals surface area contributed by atoms with E-state index in [0.29, 0.717) is 13.2 Å². The third-order valence-corrected chi connectivity index (χ3v) is 4.24. The van der Waals surface area contributed by atoms with Gasteiger partial charge in [-0.05, 0) is 51.8 Å². The molecule has 2 rings (SSSR count). The summed E-state index contributed by atoms with van der Waals surface area (Å²) in [6.45, 7) is 5.77. The van der Waals surface area contributed by atoms with Gasteiger partial charge in [0.1, 0.15) is 5.54 Å². The number of carbonyl (C=O) groups excluding carboxylic acids is 1. The molecule has 0 aromatic heterocycles. The van der Waals surface area contributed by atoms with Crippen molar-refractivity contribution in [3.05, 3.63) is 29.8 Å². The first-order valence-corrected chi connectivity index (χ1v) is 7.79. The fourth-order valence-electron chi connectivity index (χ4n) is 2.85. The quantitative estimate of drug-likeness (QED) is 0.845. The van der Waals surface area contributed by atoms with Gasteiger partial charge in [-0.15, -0.1) is 0 Å². The fraction of sp³-hybridized carbons (Fsp3) is 0.588. The van der Waals surface area contributed by atoms with Crippen LogP contribution in [-0.2, 0) is 16.0 Å². The number of carbonyl (C=O) groups is 1. The topological polar surface area (TPSA) is 41.6 Å². The molecule has 1 atom stereocenters. The van der Waals surface area contributed by atoms with Crippen LogP contribution in [0.4, 0.5) is 5.69 Å². The maximum atomic E-state index is 12.3. The number of anilines is 1. The van der Waals surface area contributed by atoms with Crippen LogP contribution in [0.15, 0.2) is 24.3 Å². The van der Waals surface area contributed by atoms with Gasteiger partial charge in [-0.1, -0.05) is 18.2 Å². The number of esters is 1. The van der Waals surface area contributed by atoms with Crippen LogP contribution < -0.4 is 10.2 Å². The lowest BCUT2D eigenvalue weighted by molar-refractivity contribution is -0.149. The van der Waals surface area contributed by atoms with Crippen molar-refractivity contribution in [1.82, 2.24) is 5.32 Å². The van der Waals surface area contributed by atoms with Crippen molar-refractivity contribution < 1.29 is 9.53 Å². The van der Waals surface area contributed by atoms with Crippen molar-refractivity contribution in [2.75, 3.05) is 31.6 Å². The average molecular weight is 290 g/mol. The van der Waals surface area contributed by atoms with E-state index in [4.69, 9.17) is 4.74 Å². The highest BCUT2D eigenvalue weighted by Gasteiger charge is 2.35. The van der Waals surface area contributed by atoms with Crippen LogP contribution >= 0.6 is 0 Å². The van der Waals surface area contributed by atoms with Crippen molar-refractivity contribution in [3.8, 4) is 0 Å². The molecule has 0 aliphatic carbocycles. The van der Waals surface area contributed by atoms with Gasteiger partial charge in [0.2, 0.25) is 0 Å². The molecule has 0 amide bonds. The summed E-state index contributed by atoms with van der Waals surface area (Å²) in [7, 11) is 1.82. The zero-order valence-corrected chi connectivity index (χ0v) is 13.3. The molecule has 1 aromatic rings. The van der Waals surface area contributed by atoms with Crippen molar-refractivity contribution in [2.24, 2.45) is 0 Å². The molecule has 116 valence electrons. The molecule has 0 fully saturated rings. The van der Waals surface area contributed by atoms with Gasteiger partial charge in [0.15, 0.2) is 0 Å². The average Bonchev–Trinajstić information content (AvgIpc) is 2.70. The van der Waals surface area contributed by atoms with Crippen LogP contribution in [0.3, 0.4) is 0 Å². The summed E-state index contributed by atoms with van der Waals surface area (Å²) in [5.41, 5.74) is 1.94. The van der Waals surface area contributed by atoms with E-state index in [1.54, 1.807) is 0 Å². The van der Waals surface area contributed by atoms with E-state index in [-0.39, 0.29) is 5.97 Å². The second-order valence-corrected chi connectivity index (χ2v) is 5.81. The Kier molecular flexibility index (Phi) is 5.23. The Morgan fingerprint density at radius 2 is 2.14 bits per heavy atom. The molecule has 4 nitrogen and oxygen atoms in total. The van der Waals surface area contributed by atoms with Crippen molar-refractivity contribution >= 4 is 11.7 Å². The smallest absolute Gasteiger partial charge is 0.327 e. The SMILES string of the molecule is CCOC(=O)C(C)(CN1CCCCc2ccccc21)NC. The molecular weight excluding hydrogens is 264 g/mol. The zero-order valence-electron chi connectivity index (χ0n) is 13.3. The van der Waals surface area contributed by atoms with E-state index < -0.39 is 5.54 Å². The number of hydrogen-bond donors (Lipinski definition) is 1. The summed E-state index contributed by atoms with van der Waals surface area (Å²) >= 11 is 0.